The molecule has 3 N–H and O–H groups in total. The molecule has 3 heterocycles. The summed E-state index contributed by atoms with van der Waals surface area (Å²) in [7, 11) is 0. The molecule has 3 aromatic heterocycles. The lowest BCUT2D eigenvalue weighted by atomic mass is 10.1. The van der Waals surface area contributed by atoms with Crippen LogP contribution in [0.4, 0.5) is 10.2 Å². The lowest BCUT2D eigenvalue weighted by Crippen LogP contribution is -2.10. The van der Waals surface area contributed by atoms with Crippen molar-refractivity contribution in [2.45, 2.75) is 13.0 Å². The van der Waals surface area contributed by atoms with E-state index in [4.69, 9.17) is 0 Å². The van der Waals surface area contributed by atoms with Gasteiger partial charge in [-0.25, -0.2) is 18.6 Å². The van der Waals surface area contributed by atoms with Crippen LogP contribution in [0.1, 0.15) is 18.5 Å². The number of hydrogen-bond acceptors (Lipinski definition) is 7. The minimum Gasteiger partial charge on any atom is -0.508 e. The van der Waals surface area contributed by atoms with Crippen LogP contribution in [-0.4, -0.2) is 39.8 Å². The highest BCUT2D eigenvalue weighted by atomic mass is 19.1. The molecule has 0 fully saturated rings. The Hall–Kier alpha value is -4.47. The van der Waals surface area contributed by atoms with E-state index in [1.54, 1.807) is 64.9 Å². The smallest absolute Gasteiger partial charge is 0.154 e. The summed E-state index contributed by atoms with van der Waals surface area (Å²) in [5.74, 6) is 0.208. The summed E-state index contributed by atoms with van der Waals surface area (Å²) in [4.78, 5) is 4.36. The normalized spacial score (nSPS) is 12.2. The average Bonchev–Trinajstić information content (AvgIpc) is 3.42. The lowest BCUT2D eigenvalue weighted by Gasteiger charge is -2.16. The number of halogens is 1. The van der Waals surface area contributed by atoms with E-state index in [2.05, 4.69) is 25.7 Å². The van der Waals surface area contributed by atoms with Gasteiger partial charge in [-0.15, -0.1) is 10.2 Å². The van der Waals surface area contributed by atoms with Gasteiger partial charge < -0.3 is 15.5 Å². The summed E-state index contributed by atoms with van der Waals surface area (Å²) in [6.07, 6.45) is 3.36. The van der Waals surface area contributed by atoms with Crippen LogP contribution in [0.2, 0.25) is 0 Å². The Morgan fingerprint density at radius 1 is 1.06 bits per heavy atom. The van der Waals surface area contributed by atoms with E-state index in [0.29, 0.717) is 34.1 Å². The van der Waals surface area contributed by atoms with Gasteiger partial charge in [-0.05, 0) is 49.4 Å². The second kappa shape index (κ2) is 7.65. The van der Waals surface area contributed by atoms with Crippen molar-refractivity contribution in [1.82, 2.24) is 29.6 Å². The summed E-state index contributed by atoms with van der Waals surface area (Å²) in [6.45, 7) is 1.80. The van der Waals surface area contributed by atoms with Crippen LogP contribution < -0.4 is 5.32 Å². The second-order valence-corrected chi connectivity index (χ2v) is 7.27. The van der Waals surface area contributed by atoms with Crippen molar-refractivity contribution in [3.8, 4) is 28.6 Å². The molecule has 0 aliphatic rings. The maximum atomic E-state index is 13.6. The number of benzene rings is 2. The monoisotopic (exact) mass is 431 g/mol. The van der Waals surface area contributed by atoms with Gasteiger partial charge in [-0.2, -0.15) is 0 Å². The number of phenols is 2. The molecule has 32 heavy (non-hydrogen) atoms. The third kappa shape index (κ3) is 3.58. The minimum absolute atomic E-state index is 0.000592. The number of aromatic nitrogens is 6. The Balaban J connectivity index is 1.46. The van der Waals surface area contributed by atoms with Gasteiger partial charge in [-0.1, -0.05) is 11.3 Å². The van der Waals surface area contributed by atoms with Crippen molar-refractivity contribution in [1.29, 1.82) is 0 Å². The van der Waals surface area contributed by atoms with Crippen molar-refractivity contribution >= 4 is 11.5 Å². The largest absolute Gasteiger partial charge is 0.508 e. The molecule has 0 saturated heterocycles. The minimum atomic E-state index is -0.429. The number of rotatable bonds is 5. The summed E-state index contributed by atoms with van der Waals surface area (Å²) in [5.41, 5.74) is 2.86. The number of hydrogen-bond donors (Lipinski definition) is 3. The van der Waals surface area contributed by atoms with E-state index in [1.165, 1.54) is 18.2 Å². The summed E-state index contributed by atoms with van der Waals surface area (Å²) in [6, 6.07) is 13.6. The molecule has 0 spiro atoms. The number of nitrogens with zero attached hydrogens (tertiary/aromatic N) is 6. The number of aromatic hydroxyl groups is 2. The van der Waals surface area contributed by atoms with E-state index in [0.717, 1.165) is 0 Å². The summed E-state index contributed by atoms with van der Waals surface area (Å²) in [5, 5.41) is 35.8. The highest BCUT2D eigenvalue weighted by Crippen LogP contribution is 2.28. The number of anilines is 1. The molecule has 5 rings (SSSR count). The first kappa shape index (κ1) is 19.5. The molecule has 2 aromatic carbocycles. The molecule has 10 heteroatoms. The molecule has 5 aromatic rings. The standard InChI is InChI=1S/C22H18FN7O2/c1-13(17-9-14(23)5-6-20(17)32)25-21-7-8-22-24-11-19(30(22)27-21)18-12-29(28-26-18)15-3-2-4-16(31)10-15/h2-13,31-32H,1H3,(H,25,27)/t13-/m1/s1. The van der Waals surface area contributed by atoms with Crippen LogP contribution in [-0.2, 0) is 0 Å². The van der Waals surface area contributed by atoms with Crippen molar-refractivity contribution in [3.05, 3.63) is 78.4 Å². The van der Waals surface area contributed by atoms with E-state index in [1.807, 2.05) is 0 Å². The Bertz CT molecular complexity index is 1430. The fourth-order valence-electron chi connectivity index (χ4n) is 3.44. The van der Waals surface area contributed by atoms with E-state index < -0.39 is 11.9 Å². The fraction of sp³-hybridized carbons (Fsp3) is 0.0909. The quantitative estimate of drug-likeness (QED) is 0.389. The van der Waals surface area contributed by atoms with Crippen molar-refractivity contribution in [3.63, 3.8) is 0 Å². The second-order valence-electron chi connectivity index (χ2n) is 7.27. The molecule has 1 atom stereocenters. The van der Waals surface area contributed by atoms with Gasteiger partial charge in [0.25, 0.3) is 0 Å². The highest BCUT2D eigenvalue weighted by Gasteiger charge is 2.15. The Morgan fingerprint density at radius 2 is 1.94 bits per heavy atom. The molecule has 0 unspecified atom stereocenters. The first-order valence-electron chi connectivity index (χ1n) is 9.80. The first-order valence-corrected chi connectivity index (χ1v) is 9.80. The maximum Gasteiger partial charge on any atom is 0.154 e. The summed E-state index contributed by atoms with van der Waals surface area (Å²) < 4.78 is 16.8. The maximum absolute atomic E-state index is 13.6. The van der Waals surface area contributed by atoms with E-state index in [9.17, 15) is 14.6 Å². The molecular formula is C22H18FN7O2. The van der Waals surface area contributed by atoms with Crippen LogP contribution in [0.25, 0.3) is 22.7 Å². The van der Waals surface area contributed by atoms with Crippen LogP contribution in [0, 0.1) is 5.82 Å². The molecule has 0 aliphatic carbocycles. The average molecular weight is 431 g/mol. The molecule has 0 aliphatic heterocycles. The van der Waals surface area contributed by atoms with Crippen LogP contribution in [0.3, 0.4) is 0 Å². The fourth-order valence-corrected chi connectivity index (χ4v) is 3.44. The van der Waals surface area contributed by atoms with Crippen molar-refractivity contribution in [2.24, 2.45) is 0 Å². The van der Waals surface area contributed by atoms with E-state index in [-0.39, 0.29) is 11.5 Å². The molecule has 0 saturated carbocycles. The zero-order valence-electron chi connectivity index (χ0n) is 16.9. The Labute approximate surface area is 181 Å². The topological polar surface area (TPSA) is 113 Å². The third-order valence-electron chi connectivity index (χ3n) is 5.03. The SMILES string of the molecule is C[C@@H](Nc1ccc2ncc(-c3cn(-c4cccc(O)c4)nn3)n2n1)c1cc(F)ccc1O. The molecule has 9 nitrogen and oxygen atoms in total. The lowest BCUT2D eigenvalue weighted by molar-refractivity contribution is 0.462. The van der Waals surface area contributed by atoms with Gasteiger partial charge in [0.05, 0.1) is 24.1 Å². The van der Waals surface area contributed by atoms with Gasteiger partial charge in [-0.3, -0.25) is 0 Å². The van der Waals surface area contributed by atoms with Crippen molar-refractivity contribution < 1.29 is 14.6 Å². The molecule has 0 amide bonds. The number of nitrogens with one attached hydrogen (secondary N) is 1. The Kier molecular flexibility index (Phi) is 4.66. The van der Waals surface area contributed by atoms with Crippen LogP contribution >= 0.6 is 0 Å². The van der Waals surface area contributed by atoms with Gasteiger partial charge >= 0.3 is 0 Å². The van der Waals surface area contributed by atoms with E-state index >= 15 is 0 Å². The first-order chi connectivity index (χ1) is 15.5. The van der Waals surface area contributed by atoms with Gasteiger partial charge in [0.15, 0.2) is 5.65 Å². The van der Waals surface area contributed by atoms with Gasteiger partial charge in [0.2, 0.25) is 0 Å². The van der Waals surface area contributed by atoms with Crippen LogP contribution in [0.15, 0.2) is 67.0 Å². The predicted octanol–water partition coefficient (Wildman–Crippen LogP) is 3.70. The molecule has 0 radical (unpaired) electrons. The van der Waals surface area contributed by atoms with Gasteiger partial charge in [0, 0.05) is 11.6 Å². The molecular weight excluding hydrogens is 413 g/mol. The number of fused-ring (bicyclic) bond motifs is 1. The predicted molar refractivity (Wildman–Crippen MR) is 115 cm³/mol. The van der Waals surface area contributed by atoms with Gasteiger partial charge in [0.1, 0.15) is 34.5 Å². The third-order valence-corrected chi connectivity index (χ3v) is 5.03. The van der Waals surface area contributed by atoms with Crippen molar-refractivity contribution in [2.75, 3.05) is 5.32 Å². The molecule has 160 valence electrons. The highest BCUT2D eigenvalue weighted by molar-refractivity contribution is 5.60. The number of imidazole rings is 1. The summed E-state index contributed by atoms with van der Waals surface area (Å²) >= 11 is 0. The zero-order valence-corrected chi connectivity index (χ0v) is 16.9. The Morgan fingerprint density at radius 3 is 2.78 bits per heavy atom. The molecule has 0 bridgehead atoms. The zero-order chi connectivity index (χ0) is 22.2. The number of phenolic OH excluding ortho intramolecular Hbond substituents is 2. The van der Waals surface area contributed by atoms with Crippen LogP contribution in [0.5, 0.6) is 11.5 Å².